The SMILES string of the molecule is Cl.NC/C(=C\F)Cn1ncn(Cc2ccc(-c3ccc(N4CCCC4=O)cc3)s2)c1=O. The fraction of sp³-hybridized carbons (Fsp3) is 0.286. The third-order valence-electron chi connectivity index (χ3n) is 5.09. The maximum atomic E-state index is 12.7. The van der Waals surface area contributed by atoms with E-state index in [0.717, 1.165) is 34.0 Å². The van der Waals surface area contributed by atoms with Gasteiger partial charge < -0.3 is 10.6 Å². The number of halogens is 2. The summed E-state index contributed by atoms with van der Waals surface area (Å²) in [5.41, 5.74) is 7.43. The Bertz CT molecular complexity index is 1140. The number of carbonyl (C=O) groups excluding carboxylic acids is 1. The van der Waals surface area contributed by atoms with Gasteiger partial charge in [0.1, 0.15) is 6.33 Å². The maximum absolute atomic E-state index is 12.7. The molecule has 1 aliphatic heterocycles. The molecule has 0 aliphatic carbocycles. The fourth-order valence-corrected chi connectivity index (χ4v) is 4.45. The molecule has 10 heteroatoms. The van der Waals surface area contributed by atoms with Crippen LogP contribution in [0.15, 0.2) is 59.4 Å². The molecule has 164 valence electrons. The van der Waals surface area contributed by atoms with Crippen molar-refractivity contribution in [1.82, 2.24) is 14.3 Å². The van der Waals surface area contributed by atoms with Crippen molar-refractivity contribution in [3.63, 3.8) is 0 Å². The van der Waals surface area contributed by atoms with Crippen LogP contribution >= 0.6 is 23.7 Å². The minimum atomic E-state index is -0.308. The van der Waals surface area contributed by atoms with Gasteiger partial charge in [-0.3, -0.25) is 9.36 Å². The monoisotopic (exact) mass is 463 g/mol. The molecule has 2 aromatic heterocycles. The smallest absolute Gasteiger partial charge is 0.327 e. The molecule has 0 unspecified atom stereocenters. The van der Waals surface area contributed by atoms with Crippen LogP contribution in [-0.4, -0.2) is 33.3 Å². The van der Waals surface area contributed by atoms with E-state index in [9.17, 15) is 14.0 Å². The van der Waals surface area contributed by atoms with Crippen LogP contribution in [-0.2, 0) is 17.9 Å². The Morgan fingerprint density at radius 2 is 1.97 bits per heavy atom. The lowest BCUT2D eigenvalue weighted by molar-refractivity contribution is -0.117. The van der Waals surface area contributed by atoms with Crippen molar-refractivity contribution in [2.75, 3.05) is 18.0 Å². The zero-order chi connectivity index (χ0) is 21.1. The first kappa shape index (κ1) is 22.9. The summed E-state index contributed by atoms with van der Waals surface area (Å²) in [5, 5.41) is 4.04. The lowest BCUT2D eigenvalue weighted by Gasteiger charge is -2.15. The molecule has 1 saturated heterocycles. The molecular formula is C21H23ClFN5O2S. The Morgan fingerprint density at radius 3 is 2.61 bits per heavy atom. The molecule has 2 N–H and O–H groups in total. The highest BCUT2D eigenvalue weighted by Crippen LogP contribution is 2.31. The van der Waals surface area contributed by atoms with Crippen LogP contribution in [0.2, 0.25) is 0 Å². The standard InChI is InChI=1S/C21H22FN5O2S.ClH/c22-10-15(11-23)12-27-21(29)25(14-24-27)13-18-7-8-19(30-18)16-3-5-17(6-4-16)26-9-1-2-20(26)28;/h3-8,10,14H,1-2,9,11-13,23H2;1H/b15-10+;. The van der Waals surface area contributed by atoms with Crippen LogP contribution in [0.3, 0.4) is 0 Å². The van der Waals surface area contributed by atoms with Gasteiger partial charge in [-0.15, -0.1) is 23.7 Å². The van der Waals surface area contributed by atoms with Crippen molar-refractivity contribution >= 4 is 35.3 Å². The largest absolute Gasteiger partial charge is 0.346 e. The fourth-order valence-electron chi connectivity index (χ4n) is 3.44. The van der Waals surface area contributed by atoms with Crippen LogP contribution in [0, 0.1) is 0 Å². The van der Waals surface area contributed by atoms with Gasteiger partial charge >= 0.3 is 5.69 Å². The van der Waals surface area contributed by atoms with Crippen LogP contribution in [0.25, 0.3) is 10.4 Å². The number of hydrogen-bond donors (Lipinski definition) is 1. The van der Waals surface area contributed by atoms with Crippen molar-refractivity contribution in [3.8, 4) is 10.4 Å². The first-order chi connectivity index (χ1) is 14.6. The predicted molar refractivity (Wildman–Crippen MR) is 122 cm³/mol. The van der Waals surface area contributed by atoms with Crippen LogP contribution < -0.4 is 16.3 Å². The normalized spacial score (nSPS) is 14.2. The molecule has 3 heterocycles. The number of aromatic nitrogens is 3. The third-order valence-corrected chi connectivity index (χ3v) is 6.21. The zero-order valence-corrected chi connectivity index (χ0v) is 18.4. The van der Waals surface area contributed by atoms with E-state index in [1.165, 1.54) is 15.6 Å². The minimum absolute atomic E-state index is 0. The van der Waals surface area contributed by atoms with Crippen LogP contribution in [0.5, 0.6) is 0 Å². The number of carbonyl (C=O) groups is 1. The molecular weight excluding hydrogens is 441 g/mol. The van der Waals surface area contributed by atoms with Crippen LogP contribution in [0.4, 0.5) is 10.1 Å². The highest BCUT2D eigenvalue weighted by molar-refractivity contribution is 7.15. The summed E-state index contributed by atoms with van der Waals surface area (Å²) in [6, 6.07) is 12.0. The van der Waals surface area contributed by atoms with Crippen molar-refractivity contribution in [2.45, 2.75) is 25.9 Å². The van der Waals surface area contributed by atoms with Gasteiger partial charge in [0.25, 0.3) is 0 Å². The number of nitrogens with two attached hydrogens (primary N) is 1. The van der Waals surface area contributed by atoms with Gasteiger partial charge in [-0.2, -0.15) is 5.10 Å². The Hall–Kier alpha value is -2.75. The molecule has 0 bridgehead atoms. The summed E-state index contributed by atoms with van der Waals surface area (Å²) in [5.74, 6) is 0.174. The Morgan fingerprint density at radius 1 is 1.19 bits per heavy atom. The van der Waals surface area contributed by atoms with Gasteiger partial charge in [0, 0.05) is 35.0 Å². The second-order valence-electron chi connectivity index (χ2n) is 7.13. The van der Waals surface area contributed by atoms with Crippen LogP contribution in [0.1, 0.15) is 17.7 Å². The number of rotatable bonds is 7. The van der Waals surface area contributed by atoms with E-state index in [0.29, 0.717) is 24.9 Å². The number of thiophene rings is 1. The molecule has 0 atom stereocenters. The second-order valence-corrected chi connectivity index (χ2v) is 8.30. The van der Waals surface area contributed by atoms with E-state index < -0.39 is 0 Å². The number of hydrogen-bond acceptors (Lipinski definition) is 5. The molecule has 1 aromatic carbocycles. The first-order valence-corrected chi connectivity index (χ1v) is 10.5. The molecule has 1 amide bonds. The summed E-state index contributed by atoms with van der Waals surface area (Å²) in [7, 11) is 0. The number of anilines is 1. The van der Waals surface area contributed by atoms with Crippen molar-refractivity contribution < 1.29 is 9.18 Å². The maximum Gasteiger partial charge on any atom is 0.346 e. The number of benzene rings is 1. The van der Waals surface area contributed by atoms with Gasteiger partial charge in [-0.1, -0.05) is 12.1 Å². The van der Waals surface area contributed by atoms with Gasteiger partial charge in [-0.05, 0) is 41.8 Å². The molecule has 3 aromatic rings. The third kappa shape index (κ3) is 4.95. The summed E-state index contributed by atoms with van der Waals surface area (Å²) < 4.78 is 15.4. The average molecular weight is 464 g/mol. The van der Waals surface area contributed by atoms with Crippen molar-refractivity contribution in [1.29, 1.82) is 0 Å². The predicted octanol–water partition coefficient (Wildman–Crippen LogP) is 3.18. The minimum Gasteiger partial charge on any atom is -0.327 e. The lowest BCUT2D eigenvalue weighted by Crippen LogP contribution is -2.26. The molecule has 1 aliphatic rings. The quantitative estimate of drug-likeness (QED) is 0.583. The molecule has 0 radical (unpaired) electrons. The van der Waals surface area contributed by atoms with E-state index >= 15 is 0 Å². The van der Waals surface area contributed by atoms with Crippen molar-refractivity contribution in [2.24, 2.45) is 5.73 Å². The highest BCUT2D eigenvalue weighted by atomic mass is 35.5. The molecule has 31 heavy (non-hydrogen) atoms. The van der Waals surface area contributed by atoms with Gasteiger partial charge in [0.2, 0.25) is 5.91 Å². The molecule has 4 rings (SSSR count). The first-order valence-electron chi connectivity index (χ1n) is 9.69. The zero-order valence-electron chi connectivity index (χ0n) is 16.7. The van der Waals surface area contributed by atoms with E-state index in [1.807, 2.05) is 41.3 Å². The van der Waals surface area contributed by atoms with E-state index in [-0.39, 0.29) is 37.1 Å². The number of amides is 1. The summed E-state index contributed by atoms with van der Waals surface area (Å²) in [6.07, 6.45) is 3.39. The Kier molecular flexibility index (Phi) is 7.42. The average Bonchev–Trinajstić information content (AvgIpc) is 3.49. The van der Waals surface area contributed by atoms with E-state index in [4.69, 9.17) is 5.73 Å². The summed E-state index contributed by atoms with van der Waals surface area (Å²) in [6.45, 7) is 1.24. The lowest BCUT2D eigenvalue weighted by atomic mass is 10.1. The molecule has 0 spiro atoms. The van der Waals surface area contributed by atoms with Gasteiger partial charge in [0.05, 0.1) is 19.4 Å². The second kappa shape index (κ2) is 10.0. The molecule has 7 nitrogen and oxygen atoms in total. The highest BCUT2D eigenvalue weighted by Gasteiger charge is 2.21. The summed E-state index contributed by atoms with van der Waals surface area (Å²) in [4.78, 5) is 28.3. The van der Waals surface area contributed by atoms with E-state index in [2.05, 4.69) is 5.10 Å². The molecule has 0 saturated carbocycles. The summed E-state index contributed by atoms with van der Waals surface area (Å²) >= 11 is 1.59. The number of nitrogens with zero attached hydrogens (tertiary/aromatic N) is 4. The Balaban J connectivity index is 0.00000272. The van der Waals surface area contributed by atoms with Crippen molar-refractivity contribution in [3.05, 3.63) is 70.0 Å². The van der Waals surface area contributed by atoms with Gasteiger partial charge in [0.15, 0.2) is 0 Å². The van der Waals surface area contributed by atoms with Gasteiger partial charge in [-0.25, -0.2) is 13.9 Å². The molecule has 1 fully saturated rings. The van der Waals surface area contributed by atoms with E-state index in [1.54, 1.807) is 11.3 Å². The topological polar surface area (TPSA) is 86.2 Å². The Labute approximate surface area is 189 Å².